The summed E-state index contributed by atoms with van der Waals surface area (Å²) in [5.41, 5.74) is 1.28. The van der Waals surface area contributed by atoms with Crippen LogP contribution in [0.25, 0.3) is 0 Å². The van der Waals surface area contributed by atoms with Crippen LogP contribution in [0.1, 0.15) is 91.2 Å². The number of amides is 2. The number of likely N-dealkylation sites (tertiary alicyclic amines) is 2. The molecule has 4 aliphatic rings. The quantitative estimate of drug-likeness (QED) is 0.186. The van der Waals surface area contributed by atoms with Crippen molar-refractivity contribution in [2.45, 2.75) is 115 Å². The van der Waals surface area contributed by atoms with Gasteiger partial charge in [0.05, 0.1) is 0 Å². The van der Waals surface area contributed by atoms with Gasteiger partial charge in [-0.05, 0) is 102 Å². The summed E-state index contributed by atoms with van der Waals surface area (Å²) in [5, 5.41) is 10.1. The van der Waals surface area contributed by atoms with E-state index in [1.807, 2.05) is 69.3 Å². The maximum absolute atomic E-state index is 12.5. The Bertz CT molecular complexity index is 1450. The number of benzene rings is 2. The Balaban J connectivity index is 0.000000187. The van der Waals surface area contributed by atoms with E-state index in [4.69, 9.17) is 19.3 Å². The first-order valence-electron chi connectivity index (χ1n) is 17.0. The van der Waals surface area contributed by atoms with Crippen LogP contribution in [0.15, 0.2) is 60.7 Å². The Hall–Kier alpha value is -3.60. The average Bonchev–Trinajstić information content (AvgIpc) is 3.89. The molecule has 2 aliphatic heterocycles. The topological polar surface area (TPSA) is 123 Å². The fraction of sp³-hybridized carbons (Fsp3) is 0.579. The van der Waals surface area contributed by atoms with Crippen LogP contribution in [-0.2, 0) is 35.7 Å². The molecular weight excluding hydrogens is 692 g/mol. The number of hydrogen-bond donors (Lipinski definition) is 1. The molecule has 0 bridgehead atoms. The molecule has 2 spiro atoms. The highest BCUT2D eigenvalue weighted by molar-refractivity contribution is 9.08. The lowest BCUT2D eigenvalue weighted by molar-refractivity contribution is -0.150. The molecule has 49 heavy (non-hydrogen) atoms. The number of hydrogen-bond acceptors (Lipinski definition) is 7. The zero-order valence-corrected chi connectivity index (χ0v) is 31.2. The minimum atomic E-state index is -0.931. The summed E-state index contributed by atoms with van der Waals surface area (Å²) in [5.74, 6) is -1.27. The molecule has 268 valence electrons. The SMILES string of the molecule is BrCc1ccccc1.CC(C)(C)OC(=O)N1CC2(CC2)C[C@H]1C(=O)O.CC(C)(C)OC(=O)N1CC2(CC2)C[C@H]1C(=O)OCc1ccccc1. The van der Waals surface area contributed by atoms with Gasteiger partial charge in [-0.25, -0.2) is 19.2 Å². The minimum Gasteiger partial charge on any atom is -0.480 e. The molecule has 1 N–H and O–H groups in total. The molecule has 2 aromatic rings. The van der Waals surface area contributed by atoms with Gasteiger partial charge in [-0.15, -0.1) is 0 Å². The fourth-order valence-electron chi connectivity index (χ4n) is 6.04. The van der Waals surface area contributed by atoms with Crippen LogP contribution in [-0.4, -0.2) is 75.4 Å². The molecule has 2 atom stereocenters. The van der Waals surface area contributed by atoms with E-state index in [-0.39, 0.29) is 23.4 Å². The van der Waals surface area contributed by atoms with E-state index in [1.165, 1.54) is 10.5 Å². The van der Waals surface area contributed by atoms with Crippen LogP contribution >= 0.6 is 15.9 Å². The molecule has 2 aromatic carbocycles. The summed E-state index contributed by atoms with van der Waals surface area (Å²) >= 11 is 3.36. The van der Waals surface area contributed by atoms with Gasteiger partial charge in [0.25, 0.3) is 0 Å². The molecule has 2 aliphatic carbocycles. The molecule has 6 rings (SSSR count). The average molecular weight is 744 g/mol. The highest BCUT2D eigenvalue weighted by atomic mass is 79.9. The molecule has 2 saturated carbocycles. The van der Waals surface area contributed by atoms with Crippen molar-refractivity contribution in [2.24, 2.45) is 10.8 Å². The van der Waals surface area contributed by atoms with Crippen LogP contribution in [0.2, 0.25) is 0 Å². The van der Waals surface area contributed by atoms with Crippen molar-refractivity contribution in [3.8, 4) is 0 Å². The van der Waals surface area contributed by atoms with Crippen LogP contribution in [0.3, 0.4) is 0 Å². The highest BCUT2D eigenvalue weighted by Crippen LogP contribution is 2.56. The Morgan fingerprint density at radius 3 is 1.49 bits per heavy atom. The van der Waals surface area contributed by atoms with Gasteiger partial charge in [-0.3, -0.25) is 9.80 Å². The molecule has 11 heteroatoms. The van der Waals surface area contributed by atoms with Crippen molar-refractivity contribution in [3.63, 3.8) is 0 Å². The molecule has 10 nitrogen and oxygen atoms in total. The zero-order valence-electron chi connectivity index (χ0n) is 29.6. The first-order chi connectivity index (χ1) is 22.9. The number of carboxylic acids is 1. The second-order valence-corrected chi connectivity index (χ2v) is 16.3. The molecule has 0 radical (unpaired) electrons. The number of halogens is 1. The van der Waals surface area contributed by atoms with E-state index in [9.17, 15) is 19.2 Å². The van der Waals surface area contributed by atoms with Gasteiger partial charge in [0, 0.05) is 18.4 Å². The molecule has 0 unspecified atom stereocenters. The predicted octanol–water partition coefficient (Wildman–Crippen LogP) is 7.96. The zero-order chi connectivity index (χ0) is 36.0. The van der Waals surface area contributed by atoms with Crippen LogP contribution in [0.5, 0.6) is 0 Å². The summed E-state index contributed by atoms with van der Waals surface area (Å²) in [6.07, 6.45) is 4.50. The van der Waals surface area contributed by atoms with E-state index >= 15 is 0 Å². The van der Waals surface area contributed by atoms with Gasteiger partial charge >= 0.3 is 24.1 Å². The maximum atomic E-state index is 12.5. The van der Waals surface area contributed by atoms with Gasteiger partial charge < -0.3 is 19.3 Å². The van der Waals surface area contributed by atoms with Crippen LogP contribution in [0, 0.1) is 10.8 Å². The van der Waals surface area contributed by atoms with Crippen molar-refractivity contribution in [3.05, 3.63) is 71.8 Å². The third-order valence-corrected chi connectivity index (χ3v) is 9.61. The maximum Gasteiger partial charge on any atom is 0.411 e. The normalized spacial score (nSPS) is 21.1. The third kappa shape index (κ3) is 11.5. The lowest BCUT2D eigenvalue weighted by Gasteiger charge is -2.27. The second-order valence-electron chi connectivity index (χ2n) is 15.7. The lowest BCUT2D eigenvalue weighted by Crippen LogP contribution is -2.44. The monoisotopic (exact) mass is 742 g/mol. The van der Waals surface area contributed by atoms with Gasteiger partial charge in [0.1, 0.15) is 29.9 Å². The summed E-state index contributed by atoms with van der Waals surface area (Å²) in [4.78, 5) is 51.0. The van der Waals surface area contributed by atoms with Crippen molar-refractivity contribution in [1.29, 1.82) is 0 Å². The summed E-state index contributed by atoms with van der Waals surface area (Å²) < 4.78 is 16.2. The number of carboxylic acid groups (broad SMARTS) is 1. The highest BCUT2D eigenvalue weighted by Gasteiger charge is 2.57. The summed E-state index contributed by atoms with van der Waals surface area (Å²) in [6.45, 7) is 12.2. The molecule has 2 saturated heterocycles. The molecule has 4 fully saturated rings. The van der Waals surface area contributed by atoms with E-state index in [1.54, 1.807) is 25.7 Å². The number of carbonyl (C=O) groups is 4. The first kappa shape index (κ1) is 38.2. The smallest absolute Gasteiger partial charge is 0.411 e. The Morgan fingerprint density at radius 1 is 0.714 bits per heavy atom. The van der Waals surface area contributed by atoms with E-state index < -0.39 is 41.4 Å². The third-order valence-electron chi connectivity index (χ3n) is 8.97. The Kier molecular flexibility index (Phi) is 12.1. The Labute approximate surface area is 298 Å². The number of alkyl halides is 1. The summed E-state index contributed by atoms with van der Waals surface area (Å²) in [7, 11) is 0. The number of carbonyl (C=O) groups excluding carboxylic acids is 3. The van der Waals surface area contributed by atoms with Gasteiger partial charge in [0.15, 0.2) is 0 Å². The van der Waals surface area contributed by atoms with Crippen LogP contribution < -0.4 is 0 Å². The molecular formula is C38H51BrN2O8. The summed E-state index contributed by atoms with van der Waals surface area (Å²) in [6, 6.07) is 18.6. The standard InChI is InChI=1S/C19H25NO4.C12H19NO4.C7H7Br/c1-18(2,3)24-17(22)20-13-19(9-10-19)11-15(20)16(21)23-12-14-7-5-4-6-8-14;1-11(2,3)17-10(16)13-7-12(4-5-12)6-8(13)9(14)15;8-6-7-4-2-1-3-5-7/h4-8,15H,9-13H2,1-3H3;8H,4-7H2,1-3H3,(H,14,15);1-5H,6H2/t15-;8-;/m00./s1. The number of nitrogens with zero attached hydrogens (tertiary/aromatic N) is 2. The van der Waals surface area contributed by atoms with E-state index in [0.717, 1.165) is 36.6 Å². The second kappa shape index (κ2) is 15.5. The molecule has 0 aromatic heterocycles. The largest absolute Gasteiger partial charge is 0.480 e. The number of esters is 1. The van der Waals surface area contributed by atoms with E-state index in [0.29, 0.717) is 25.9 Å². The van der Waals surface area contributed by atoms with Crippen molar-refractivity contribution >= 4 is 40.1 Å². The number of ether oxygens (including phenoxy) is 3. The molecule has 2 heterocycles. The van der Waals surface area contributed by atoms with Crippen LogP contribution in [0.4, 0.5) is 9.59 Å². The van der Waals surface area contributed by atoms with Gasteiger partial charge in [-0.2, -0.15) is 0 Å². The van der Waals surface area contributed by atoms with Gasteiger partial charge in [0.2, 0.25) is 0 Å². The number of aliphatic carboxylic acids is 1. The van der Waals surface area contributed by atoms with E-state index in [2.05, 4.69) is 28.1 Å². The first-order valence-corrected chi connectivity index (χ1v) is 18.1. The minimum absolute atomic E-state index is 0.0694. The fourth-order valence-corrected chi connectivity index (χ4v) is 6.41. The van der Waals surface area contributed by atoms with Gasteiger partial charge in [-0.1, -0.05) is 76.6 Å². The predicted molar refractivity (Wildman–Crippen MR) is 189 cm³/mol. The van der Waals surface area contributed by atoms with Crippen molar-refractivity contribution in [2.75, 3.05) is 13.1 Å². The number of rotatable bonds is 5. The lowest BCUT2D eigenvalue weighted by atomic mass is 10.0. The Morgan fingerprint density at radius 2 is 1.12 bits per heavy atom. The molecule has 2 amide bonds. The van der Waals surface area contributed by atoms with Crippen molar-refractivity contribution in [1.82, 2.24) is 9.80 Å². The van der Waals surface area contributed by atoms with Crippen molar-refractivity contribution < 1.29 is 38.5 Å².